The van der Waals surface area contributed by atoms with E-state index < -0.39 is 17.5 Å². The van der Waals surface area contributed by atoms with Crippen molar-refractivity contribution in [2.75, 3.05) is 0 Å². The molecule has 0 radical (unpaired) electrons. The Morgan fingerprint density at radius 2 is 1.21 bits per heavy atom. The molecule has 1 atom stereocenters. The summed E-state index contributed by atoms with van der Waals surface area (Å²) in [6, 6.07) is 0. The third kappa shape index (κ3) is 12.7. The minimum absolute atomic E-state index is 0.390. The molecule has 0 N–H and O–H groups in total. The van der Waals surface area contributed by atoms with Crippen molar-refractivity contribution in [3.05, 3.63) is 25.5 Å². The predicted molar refractivity (Wildman–Crippen MR) is 116 cm³/mol. The van der Waals surface area contributed by atoms with Gasteiger partial charge in [0.25, 0.3) is 0 Å². The van der Waals surface area contributed by atoms with Crippen LogP contribution in [0.1, 0.15) is 110 Å². The lowest BCUT2D eigenvalue weighted by molar-refractivity contribution is -0.172. The Morgan fingerprint density at radius 3 is 1.57 bits per heavy atom. The van der Waals surface area contributed by atoms with Gasteiger partial charge in [0.2, 0.25) is 5.60 Å². The van der Waals surface area contributed by atoms with Crippen LogP contribution in [0.15, 0.2) is 25.5 Å². The molecule has 0 saturated carbocycles. The molecule has 0 aromatic carbocycles. The molecule has 0 saturated heterocycles. The highest BCUT2D eigenvalue weighted by Crippen LogP contribution is 2.24. The van der Waals surface area contributed by atoms with Gasteiger partial charge >= 0.3 is 11.9 Å². The Bertz CT molecular complexity index is 444. The summed E-state index contributed by atoms with van der Waals surface area (Å²) < 4.78 is 10.1. The fraction of sp³-hybridized carbons (Fsp3) is 0.750. The minimum Gasteiger partial charge on any atom is -0.443 e. The van der Waals surface area contributed by atoms with Gasteiger partial charge in [0.15, 0.2) is 0 Å². The molecule has 0 aromatic heterocycles. The van der Waals surface area contributed by atoms with Crippen molar-refractivity contribution in [3.8, 4) is 0 Å². The molecule has 28 heavy (non-hydrogen) atoms. The molecular weight excluding hydrogens is 352 g/mol. The van der Waals surface area contributed by atoms with E-state index in [4.69, 9.17) is 9.47 Å². The quantitative estimate of drug-likeness (QED) is 0.102. The first-order chi connectivity index (χ1) is 13.5. The molecule has 0 amide bonds. The molecule has 4 nitrogen and oxygen atoms in total. The van der Waals surface area contributed by atoms with Gasteiger partial charge in [0.05, 0.1) is 6.26 Å². The summed E-state index contributed by atoms with van der Waals surface area (Å²) in [6.45, 7) is 10.6. The zero-order valence-corrected chi connectivity index (χ0v) is 18.3. The van der Waals surface area contributed by atoms with E-state index >= 15 is 0 Å². The maximum atomic E-state index is 12.2. The summed E-state index contributed by atoms with van der Waals surface area (Å²) >= 11 is 0. The van der Waals surface area contributed by atoms with Crippen molar-refractivity contribution in [1.29, 1.82) is 0 Å². The van der Waals surface area contributed by atoms with Crippen molar-refractivity contribution in [3.63, 3.8) is 0 Å². The second-order valence-corrected chi connectivity index (χ2v) is 7.61. The van der Waals surface area contributed by atoms with E-state index in [1.165, 1.54) is 83.6 Å². The molecule has 162 valence electrons. The van der Waals surface area contributed by atoms with E-state index in [1.54, 1.807) is 0 Å². The first-order valence-electron chi connectivity index (χ1n) is 11.2. The average Bonchev–Trinajstić information content (AvgIpc) is 2.67. The smallest absolute Gasteiger partial charge is 0.359 e. The summed E-state index contributed by atoms with van der Waals surface area (Å²) in [6.07, 6.45) is 20.5. The molecule has 0 fully saturated rings. The lowest BCUT2D eigenvalue weighted by Crippen LogP contribution is -2.41. The number of rotatable bonds is 19. The zero-order valence-electron chi connectivity index (χ0n) is 18.3. The van der Waals surface area contributed by atoms with Gasteiger partial charge in [-0.3, -0.25) is 4.79 Å². The van der Waals surface area contributed by atoms with Crippen LogP contribution in [-0.2, 0) is 19.1 Å². The summed E-state index contributed by atoms with van der Waals surface area (Å²) in [7, 11) is 0. The van der Waals surface area contributed by atoms with Crippen molar-refractivity contribution < 1.29 is 19.1 Å². The van der Waals surface area contributed by atoms with E-state index in [2.05, 4.69) is 20.1 Å². The molecule has 4 heteroatoms. The Kier molecular flexibility index (Phi) is 16.5. The largest absolute Gasteiger partial charge is 0.443 e. The predicted octanol–water partition coefficient (Wildman–Crippen LogP) is 7.03. The molecule has 0 rings (SSSR count). The number of hydrogen-bond donors (Lipinski definition) is 0. The van der Waals surface area contributed by atoms with E-state index in [0.29, 0.717) is 6.42 Å². The van der Waals surface area contributed by atoms with Crippen molar-refractivity contribution in [1.82, 2.24) is 0 Å². The average molecular weight is 395 g/mol. The number of unbranched alkanes of at least 4 members (excludes halogenated alkanes) is 13. The van der Waals surface area contributed by atoms with Gasteiger partial charge in [-0.05, 0) is 12.5 Å². The van der Waals surface area contributed by atoms with E-state index in [9.17, 15) is 9.59 Å². The first-order valence-corrected chi connectivity index (χ1v) is 11.2. The van der Waals surface area contributed by atoms with Crippen LogP contribution in [0, 0.1) is 0 Å². The maximum absolute atomic E-state index is 12.2. The maximum Gasteiger partial charge on any atom is 0.359 e. The van der Waals surface area contributed by atoms with Gasteiger partial charge in [-0.1, -0.05) is 104 Å². The Hall–Kier alpha value is -1.58. The molecule has 1 unspecified atom stereocenters. The van der Waals surface area contributed by atoms with Crippen LogP contribution in [-0.4, -0.2) is 17.5 Å². The van der Waals surface area contributed by atoms with Crippen LogP contribution in [0.5, 0.6) is 0 Å². The fourth-order valence-corrected chi connectivity index (χ4v) is 3.44. The molecule has 0 aromatic rings. The first kappa shape index (κ1) is 26.4. The van der Waals surface area contributed by atoms with Crippen LogP contribution in [0.25, 0.3) is 0 Å². The molecular formula is C24H42O4. The van der Waals surface area contributed by atoms with Gasteiger partial charge in [0.1, 0.15) is 0 Å². The molecule has 0 aliphatic heterocycles. The number of carbonyl (C=O) groups excluding carboxylic acids is 2. The monoisotopic (exact) mass is 394 g/mol. The fourth-order valence-electron chi connectivity index (χ4n) is 3.44. The van der Waals surface area contributed by atoms with E-state index in [-0.39, 0.29) is 0 Å². The van der Waals surface area contributed by atoms with Gasteiger partial charge in [0, 0.05) is 13.3 Å². The van der Waals surface area contributed by atoms with Crippen LogP contribution in [0.3, 0.4) is 0 Å². The summed E-state index contributed by atoms with van der Waals surface area (Å²) in [4.78, 5) is 23.5. The van der Waals surface area contributed by atoms with Gasteiger partial charge in [-0.15, -0.1) is 0 Å². The summed E-state index contributed by atoms with van der Waals surface area (Å²) in [5.74, 6) is -1.16. The third-order valence-electron chi connectivity index (χ3n) is 5.09. The van der Waals surface area contributed by atoms with Crippen LogP contribution < -0.4 is 0 Å². The standard InChI is InChI=1S/C24H42O4/c1-5-8-9-10-11-12-13-14-15-16-17-18-19-20-21-24(6-2,28-22(4)25)23(26)27-7-3/h6-7H,2-3,5,8-21H2,1,4H3. The summed E-state index contributed by atoms with van der Waals surface area (Å²) in [5, 5.41) is 0. The van der Waals surface area contributed by atoms with Crippen LogP contribution in [0.4, 0.5) is 0 Å². The number of ether oxygens (including phenoxy) is 2. The SMILES string of the molecule is C=COC(=O)C(C=C)(CCCCCCCCCCCCCCCC)OC(C)=O. The van der Waals surface area contributed by atoms with Crippen molar-refractivity contribution in [2.24, 2.45) is 0 Å². The Labute approximate surface area is 172 Å². The second-order valence-electron chi connectivity index (χ2n) is 7.61. The van der Waals surface area contributed by atoms with Gasteiger partial charge in [-0.2, -0.15) is 0 Å². The number of esters is 2. The molecule has 0 aliphatic rings. The van der Waals surface area contributed by atoms with Gasteiger partial charge < -0.3 is 9.47 Å². The lowest BCUT2D eigenvalue weighted by Gasteiger charge is -2.26. The second kappa shape index (κ2) is 17.5. The van der Waals surface area contributed by atoms with Crippen LogP contribution >= 0.6 is 0 Å². The third-order valence-corrected chi connectivity index (χ3v) is 5.09. The van der Waals surface area contributed by atoms with E-state index in [0.717, 1.165) is 25.5 Å². The molecule has 0 aliphatic carbocycles. The summed E-state index contributed by atoms with van der Waals surface area (Å²) in [5.41, 5.74) is -1.41. The lowest BCUT2D eigenvalue weighted by atomic mass is 9.95. The number of hydrogen-bond acceptors (Lipinski definition) is 4. The zero-order chi connectivity index (χ0) is 21.1. The van der Waals surface area contributed by atoms with Gasteiger partial charge in [-0.25, -0.2) is 4.79 Å². The molecule has 0 bridgehead atoms. The van der Waals surface area contributed by atoms with Crippen LogP contribution in [0.2, 0.25) is 0 Å². The highest BCUT2D eigenvalue weighted by Gasteiger charge is 2.39. The highest BCUT2D eigenvalue weighted by molar-refractivity contribution is 5.85. The minimum atomic E-state index is -1.41. The number of carbonyl (C=O) groups is 2. The highest BCUT2D eigenvalue weighted by atomic mass is 16.6. The normalized spacial score (nSPS) is 12.8. The molecule has 0 spiro atoms. The molecule has 0 heterocycles. The Balaban J connectivity index is 3.82. The topological polar surface area (TPSA) is 52.6 Å². The van der Waals surface area contributed by atoms with Crippen molar-refractivity contribution >= 4 is 11.9 Å². The Morgan fingerprint density at radius 1 is 0.786 bits per heavy atom. The van der Waals surface area contributed by atoms with E-state index in [1.807, 2.05) is 0 Å². The van der Waals surface area contributed by atoms with Crippen molar-refractivity contribution in [2.45, 2.75) is 116 Å².